The van der Waals surface area contributed by atoms with Gasteiger partial charge < -0.3 is 10.2 Å². The number of amides is 2. The van der Waals surface area contributed by atoms with Crippen LogP contribution in [0.25, 0.3) is 0 Å². The van der Waals surface area contributed by atoms with Gasteiger partial charge in [-0.15, -0.1) is 0 Å². The number of hydrogen-bond acceptors (Lipinski definition) is 4. The van der Waals surface area contributed by atoms with Crippen LogP contribution in [0.1, 0.15) is 51.2 Å². The van der Waals surface area contributed by atoms with E-state index in [1.165, 1.54) is 4.31 Å². The maximum absolute atomic E-state index is 13.4. The van der Waals surface area contributed by atoms with Gasteiger partial charge in [-0.2, -0.15) is 0 Å². The lowest BCUT2D eigenvalue weighted by Crippen LogP contribution is -2.50. The predicted octanol–water partition coefficient (Wildman–Crippen LogP) is 3.87. The van der Waals surface area contributed by atoms with E-state index in [9.17, 15) is 18.0 Å². The van der Waals surface area contributed by atoms with Crippen LogP contribution in [0.15, 0.2) is 54.6 Å². The first-order valence-corrected chi connectivity index (χ1v) is 13.6. The summed E-state index contributed by atoms with van der Waals surface area (Å²) in [7, 11) is -3.49. The van der Waals surface area contributed by atoms with Crippen LogP contribution in [-0.2, 0) is 26.2 Å². The molecule has 1 atom stereocenters. The number of carbonyl (C=O) groups excluding carboxylic acids is 2. The molecule has 2 aromatic rings. The Labute approximate surface area is 204 Å². The van der Waals surface area contributed by atoms with E-state index >= 15 is 0 Å². The van der Waals surface area contributed by atoms with Crippen molar-refractivity contribution in [3.05, 3.63) is 65.7 Å². The van der Waals surface area contributed by atoms with E-state index in [1.807, 2.05) is 58.0 Å². The number of aryl methyl sites for hydroxylation is 1. The minimum atomic E-state index is -3.49. The second kappa shape index (κ2) is 12.6. The van der Waals surface area contributed by atoms with Crippen molar-refractivity contribution in [2.45, 2.75) is 65.6 Å². The van der Waals surface area contributed by atoms with Crippen molar-refractivity contribution >= 4 is 27.5 Å². The summed E-state index contributed by atoms with van der Waals surface area (Å²) < 4.78 is 26.0. The van der Waals surface area contributed by atoms with Crippen molar-refractivity contribution in [3.63, 3.8) is 0 Å². The van der Waals surface area contributed by atoms with Gasteiger partial charge in [0.05, 0.1) is 11.9 Å². The highest BCUT2D eigenvalue weighted by molar-refractivity contribution is 7.92. The highest BCUT2D eigenvalue weighted by Gasteiger charge is 2.29. The van der Waals surface area contributed by atoms with Gasteiger partial charge in [-0.3, -0.25) is 13.9 Å². The second-order valence-corrected chi connectivity index (χ2v) is 10.8. The van der Waals surface area contributed by atoms with Crippen LogP contribution in [0, 0.1) is 6.92 Å². The molecule has 7 nitrogen and oxygen atoms in total. The third-order valence-corrected chi connectivity index (χ3v) is 6.68. The maximum Gasteiger partial charge on any atom is 0.243 e. The number of hydrogen-bond donors (Lipinski definition) is 1. The smallest absolute Gasteiger partial charge is 0.243 e. The molecule has 0 saturated heterocycles. The summed E-state index contributed by atoms with van der Waals surface area (Å²) in [6.45, 7) is 8.17. The minimum Gasteiger partial charge on any atom is -0.352 e. The van der Waals surface area contributed by atoms with Crippen LogP contribution in [-0.4, -0.2) is 50.0 Å². The van der Waals surface area contributed by atoms with Crippen LogP contribution < -0.4 is 9.62 Å². The molecule has 0 aromatic heterocycles. The number of nitrogens with one attached hydrogen (secondary N) is 1. The van der Waals surface area contributed by atoms with E-state index in [0.717, 1.165) is 17.4 Å². The quantitative estimate of drug-likeness (QED) is 0.492. The molecule has 2 rings (SSSR count). The van der Waals surface area contributed by atoms with E-state index in [4.69, 9.17) is 0 Å². The average molecular weight is 488 g/mol. The minimum absolute atomic E-state index is 0.0351. The van der Waals surface area contributed by atoms with Gasteiger partial charge in [-0.1, -0.05) is 55.0 Å². The lowest BCUT2D eigenvalue weighted by atomic mass is 10.1. The standard InChI is InChI=1S/C26H37N3O4S/c1-6-24(26(31)27-20(2)3)28(19-22-16-14-21(4)15-17-22)25(30)13-10-18-29(34(5,32)33)23-11-8-7-9-12-23/h7-9,11-12,14-17,20,24H,6,10,13,18-19H2,1-5H3,(H,27,31). The van der Waals surface area contributed by atoms with Crippen LogP contribution in [0.2, 0.25) is 0 Å². The molecule has 2 amide bonds. The first-order valence-electron chi connectivity index (χ1n) is 11.7. The summed E-state index contributed by atoms with van der Waals surface area (Å²) in [5.74, 6) is -0.354. The van der Waals surface area contributed by atoms with Gasteiger partial charge in [0.1, 0.15) is 6.04 Å². The molecule has 0 bridgehead atoms. The van der Waals surface area contributed by atoms with Gasteiger partial charge >= 0.3 is 0 Å². The van der Waals surface area contributed by atoms with E-state index in [2.05, 4.69) is 5.32 Å². The largest absolute Gasteiger partial charge is 0.352 e. The topological polar surface area (TPSA) is 86.8 Å². The van der Waals surface area contributed by atoms with Gasteiger partial charge in [-0.05, 0) is 51.3 Å². The number of rotatable bonds is 12. The molecule has 0 aliphatic carbocycles. The first kappa shape index (κ1) is 27.4. The van der Waals surface area contributed by atoms with Crippen molar-refractivity contribution in [1.29, 1.82) is 0 Å². The number of para-hydroxylation sites is 1. The van der Waals surface area contributed by atoms with E-state index in [-0.39, 0.29) is 30.8 Å². The SMILES string of the molecule is CCC(C(=O)NC(C)C)N(Cc1ccc(C)cc1)C(=O)CCCN(c1ccccc1)S(C)(=O)=O. The summed E-state index contributed by atoms with van der Waals surface area (Å²) in [5, 5.41) is 2.92. The average Bonchev–Trinajstić information content (AvgIpc) is 2.77. The normalized spacial score (nSPS) is 12.3. The van der Waals surface area contributed by atoms with E-state index in [0.29, 0.717) is 25.1 Å². The van der Waals surface area contributed by atoms with Gasteiger partial charge in [0.15, 0.2) is 0 Å². The molecule has 1 N–H and O–H groups in total. The van der Waals surface area contributed by atoms with Crippen molar-refractivity contribution in [2.75, 3.05) is 17.1 Å². The van der Waals surface area contributed by atoms with Crippen LogP contribution in [0.4, 0.5) is 5.69 Å². The zero-order valence-corrected chi connectivity index (χ0v) is 21.6. The predicted molar refractivity (Wildman–Crippen MR) is 137 cm³/mol. The van der Waals surface area contributed by atoms with Crippen molar-refractivity contribution in [2.24, 2.45) is 0 Å². The molecule has 186 valence electrons. The number of benzene rings is 2. The monoisotopic (exact) mass is 487 g/mol. The van der Waals surface area contributed by atoms with Crippen LogP contribution in [0.3, 0.4) is 0 Å². The lowest BCUT2D eigenvalue weighted by Gasteiger charge is -2.31. The highest BCUT2D eigenvalue weighted by atomic mass is 32.2. The number of sulfonamides is 1. The van der Waals surface area contributed by atoms with Crippen molar-refractivity contribution < 1.29 is 18.0 Å². The number of anilines is 1. The van der Waals surface area contributed by atoms with Crippen molar-refractivity contribution in [1.82, 2.24) is 10.2 Å². The highest BCUT2D eigenvalue weighted by Crippen LogP contribution is 2.19. The molecule has 8 heteroatoms. The number of carbonyl (C=O) groups is 2. The fourth-order valence-corrected chi connectivity index (χ4v) is 4.75. The van der Waals surface area contributed by atoms with Crippen molar-refractivity contribution in [3.8, 4) is 0 Å². The molecule has 0 heterocycles. The summed E-state index contributed by atoms with van der Waals surface area (Å²) in [4.78, 5) is 27.9. The molecule has 34 heavy (non-hydrogen) atoms. The molecule has 0 spiro atoms. The first-order chi connectivity index (χ1) is 16.0. The Balaban J connectivity index is 2.19. The molecule has 0 aliphatic heterocycles. The zero-order valence-electron chi connectivity index (χ0n) is 20.8. The third-order valence-electron chi connectivity index (χ3n) is 5.49. The van der Waals surface area contributed by atoms with E-state index in [1.54, 1.807) is 29.2 Å². The molecule has 2 aromatic carbocycles. The summed E-state index contributed by atoms with van der Waals surface area (Å²) in [6, 6.07) is 16.1. The lowest BCUT2D eigenvalue weighted by molar-refractivity contribution is -0.141. The van der Waals surface area contributed by atoms with Gasteiger partial charge in [0.2, 0.25) is 21.8 Å². The summed E-state index contributed by atoms with van der Waals surface area (Å²) in [5.41, 5.74) is 2.63. The van der Waals surface area contributed by atoms with Gasteiger partial charge in [0.25, 0.3) is 0 Å². The third kappa shape index (κ3) is 8.17. The van der Waals surface area contributed by atoms with E-state index < -0.39 is 16.1 Å². The number of nitrogens with zero attached hydrogens (tertiary/aromatic N) is 2. The Bertz CT molecular complexity index is 1040. The Hall–Kier alpha value is -2.87. The molecule has 0 aliphatic rings. The second-order valence-electron chi connectivity index (χ2n) is 8.87. The maximum atomic E-state index is 13.4. The molecular formula is C26H37N3O4S. The molecular weight excluding hydrogens is 450 g/mol. The van der Waals surface area contributed by atoms with Gasteiger partial charge in [0, 0.05) is 25.6 Å². The summed E-state index contributed by atoms with van der Waals surface area (Å²) in [6.07, 6.45) is 2.12. The Morgan fingerprint density at radius 1 is 1.00 bits per heavy atom. The van der Waals surface area contributed by atoms with Crippen LogP contribution in [0.5, 0.6) is 0 Å². The summed E-state index contributed by atoms with van der Waals surface area (Å²) >= 11 is 0. The molecule has 0 fully saturated rings. The van der Waals surface area contributed by atoms with Gasteiger partial charge in [-0.25, -0.2) is 8.42 Å². The van der Waals surface area contributed by atoms with Crippen LogP contribution >= 0.6 is 0 Å². The molecule has 0 saturated carbocycles. The Kier molecular flexibility index (Phi) is 10.1. The fraction of sp³-hybridized carbons (Fsp3) is 0.462. The Morgan fingerprint density at radius 3 is 2.15 bits per heavy atom. The fourth-order valence-electron chi connectivity index (χ4n) is 3.79. The molecule has 0 radical (unpaired) electrons. The zero-order chi connectivity index (χ0) is 25.3. The Morgan fingerprint density at radius 2 is 1.62 bits per heavy atom. The molecule has 1 unspecified atom stereocenters.